The monoisotopic (exact) mass is 382 g/mol. The first-order valence-electron chi connectivity index (χ1n) is 6.09. The maximum Gasteiger partial charge on any atom is 0.416 e. The van der Waals surface area contributed by atoms with Crippen molar-refractivity contribution in [1.82, 2.24) is 4.98 Å². The molecule has 0 unspecified atom stereocenters. The summed E-state index contributed by atoms with van der Waals surface area (Å²) in [6, 6.07) is 4.17. The zero-order chi connectivity index (χ0) is 18.1. The van der Waals surface area contributed by atoms with Crippen LogP contribution in [-0.2, 0) is 23.0 Å². The van der Waals surface area contributed by atoms with E-state index in [4.69, 9.17) is 5.11 Å². The maximum absolute atomic E-state index is 13.0. The molecule has 0 bridgehead atoms. The first-order chi connectivity index (χ1) is 11.0. The van der Waals surface area contributed by atoms with Gasteiger partial charge in [-0.15, -0.1) is 11.3 Å². The van der Waals surface area contributed by atoms with Crippen molar-refractivity contribution < 1.29 is 36.0 Å². The first kappa shape index (κ1) is 18.2. The van der Waals surface area contributed by atoms with E-state index in [0.29, 0.717) is 11.3 Å². The summed E-state index contributed by atoms with van der Waals surface area (Å²) in [7, 11) is -5.03. The molecule has 2 aromatic rings. The van der Waals surface area contributed by atoms with E-state index in [0.717, 1.165) is 23.7 Å². The van der Waals surface area contributed by atoms with Crippen molar-refractivity contribution in [2.75, 3.05) is 4.31 Å². The molecular weight excluding hydrogens is 373 g/mol. The van der Waals surface area contributed by atoms with Gasteiger partial charge in [0.1, 0.15) is 5.00 Å². The number of hydrogen-bond donors (Lipinski definition) is 2. The summed E-state index contributed by atoms with van der Waals surface area (Å²) in [5.41, 5.74) is -1.23. The molecule has 0 aliphatic rings. The number of alkyl halides is 3. The van der Waals surface area contributed by atoms with E-state index >= 15 is 0 Å². The van der Waals surface area contributed by atoms with Crippen LogP contribution in [0, 0.1) is 0 Å². The zero-order valence-corrected chi connectivity index (χ0v) is 13.2. The summed E-state index contributed by atoms with van der Waals surface area (Å²) >= 11 is 0.559. The summed E-state index contributed by atoms with van der Waals surface area (Å²) in [6.45, 7) is -0.906. The van der Waals surface area contributed by atoms with Gasteiger partial charge in [0.2, 0.25) is 0 Å². The molecule has 24 heavy (non-hydrogen) atoms. The van der Waals surface area contributed by atoms with Gasteiger partial charge in [-0.25, -0.2) is 14.1 Å². The topological polar surface area (TPSA) is 108 Å². The number of halogens is 3. The Hall–Kier alpha value is -2.18. The Balaban J connectivity index is 2.54. The third kappa shape index (κ3) is 3.83. The van der Waals surface area contributed by atoms with Crippen LogP contribution in [0.2, 0.25) is 0 Å². The largest absolute Gasteiger partial charge is 0.476 e. The van der Waals surface area contributed by atoms with Crippen molar-refractivity contribution in [2.45, 2.75) is 12.7 Å². The number of aromatic nitrogens is 1. The highest BCUT2D eigenvalue weighted by atomic mass is 32.2. The average Bonchev–Trinajstić information content (AvgIpc) is 2.92. The highest BCUT2D eigenvalue weighted by molar-refractivity contribution is 7.87. The lowest BCUT2D eigenvalue weighted by atomic mass is 10.1. The molecule has 130 valence electrons. The van der Waals surface area contributed by atoms with Gasteiger partial charge in [-0.3, -0.25) is 4.55 Å². The lowest BCUT2D eigenvalue weighted by Crippen LogP contribution is -2.31. The van der Waals surface area contributed by atoms with Crippen LogP contribution in [-0.4, -0.2) is 29.0 Å². The molecule has 0 saturated carbocycles. The number of hydrogen-bond acceptors (Lipinski definition) is 5. The Morgan fingerprint density at radius 2 is 1.92 bits per heavy atom. The minimum atomic E-state index is -5.03. The molecule has 1 heterocycles. The number of carboxylic acids is 1. The van der Waals surface area contributed by atoms with E-state index in [1.54, 1.807) is 0 Å². The lowest BCUT2D eigenvalue weighted by molar-refractivity contribution is -0.138. The highest BCUT2D eigenvalue weighted by Gasteiger charge is 2.35. The number of benzene rings is 1. The predicted octanol–water partition coefficient (Wildman–Crippen LogP) is 2.67. The SMILES string of the molecule is O=C(O)c1ncsc1N(Cc1ccccc1C(F)(F)F)S(=O)(=O)O. The number of anilines is 1. The summed E-state index contributed by atoms with van der Waals surface area (Å²) < 4.78 is 71.6. The molecule has 1 aromatic heterocycles. The van der Waals surface area contributed by atoms with E-state index in [-0.39, 0.29) is 4.31 Å². The molecule has 0 atom stereocenters. The third-order valence-corrected chi connectivity index (χ3v) is 4.73. The van der Waals surface area contributed by atoms with Gasteiger partial charge < -0.3 is 5.11 Å². The minimum absolute atomic E-state index is 0.165. The van der Waals surface area contributed by atoms with Crippen LogP contribution in [0.1, 0.15) is 21.6 Å². The van der Waals surface area contributed by atoms with Crippen LogP contribution >= 0.6 is 11.3 Å². The molecule has 0 amide bonds. The Morgan fingerprint density at radius 3 is 2.46 bits per heavy atom. The number of carboxylic acid groups (broad SMARTS) is 1. The van der Waals surface area contributed by atoms with E-state index < -0.39 is 50.8 Å². The second-order valence-corrected chi connectivity index (χ2v) is 6.62. The van der Waals surface area contributed by atoms with Gasteiger partial charge in [0.25, 0.3) is 0 Å². The molecule has 0 spiro atoms. The van der Waals surface area contributed by atoms with Crippen molar-refractivity contribution in [3.8, 4) is 0 Å². The smallest absolute Gasteiger partial charge is 0.416 e. The van der Waals surface area contributed by atoms with E-state index in [2.05, 4.69) is 4.98 Å². The molecule has 1 aromatic carbocycles. The Bertz CT molecular complexity index is 864. The normalized spacial score (nSPS) is 12.2. The Morgan fingerprint density at radius 1 is 1.29 bits per heavy atom. The first-order valence-corrected chi connectivity index (χ1v) is 8.36. The number of thiazole rings is 1. The molecule has 0 saturated heterocycles. The van der Waals surface area contributed by atoms with E-state index in [1.165, 1.54) is 6.07 Å². The van der Waals surface area contributed by atoms with Crippen molar-refractivity contribution >= 4 is 32.6 Å². The minimum Gasteiger partial charge on any atom is -0.476 e. The van der Waals surface area contributed by atoms with Gasteiger partial charge in [0.05, 0.1) is 17.6 Å². The molecule has 0 aliphatic carbocycles. The summed E-state index contributed by atoms with van der Waals surface area (Å²) in [6.07, 6.45) is -4.75. The molecule has 0 aliphatic heterocycles. The van der Waals surface area contributed by atoms with Gasteiger partial charge in [-0.1, -0.05) is 18.2 Å². The van der Waals surface area contributed by atoms with Crippen LogP contribution in [0.5, 0.6) is 0 Å². The van der Waals surface area contributed by atoms with Crippen LogP contribution in [0.15, 0.2) is 29.8 Å². The van der Waals surface area contributed by atoms with Gasteiger partial charge in [0, 0.05) is 0 Å². The van der Waals surface area contributed by atoms with Crippen LogP contribution < -0.4 is 4.31 Å². The van der Waals surface area contributed by atoms with E-state index in [1.807, 2.05) is 0 Å². The average molecular weight is 382 g/mol. The van der Waals surface area contributed by atoms with Crippen LogP contribution in [0.25, 0.3) is 0 Å². The second-order valence-electron chi connectivity index (χ2n) is 4.45. The third-order valence-electron chi connectivity index (χ3n) is 2.89. The number of rotatable bonds is 5. The fourth-order valence-corrected chi connectivity index (χ4v) is 3.61. The molecule has 2 N–H and O–H groups in total. The maximum atomic E-state index is 13.0. The van der Waals surface area contributed by atoms with Crippen molar-refractivity contribution in [1.29, 1.82) is 0 Å². The van der Waals surface area contributed by atoms with Crippen molar-refractivity contribution in [3.63, 3.8) is 0 Å². The standard InChI is InChI=1S/C12H9F3N2O5S2/c13-12(14,15)8-4-2-1-3-7(8)5-17(24(20,21)22)10-9(11(18)19)16-6-23-10/h1-4,6H,5H2,(H,18,19)(H,20,21,22). The van der Waals surface area contributed by atoms with Gasteiger partial charge >= 0.3 is 22.4 Å². The molecule has 0 fully saturated rings. The zero-order valence-electron chi connectivity index (χ0n) is 11.6. The molecular formula is C12H9F3N2O5S2. The summed E-state index contributed by atoms with van der Waals surface area (Å²) in [5.74, 6) is -1.58. The van der Waals surface area contributed by atoms with Crippen LogP contribution in [0.3, 0.4) is 0 Å². The number of carbonyl (C=O) groups is 1. The van der Waals surface area contributed by atoms with Crippen molar-refractivity contribution in [2.24, 2.45) is 0 Å². The van der Waals surface area contributed by atoms with Crippen molar-refractivity contribution in [3.05, 3.63) is 46.6 Å². The number of aromatic carboxylic acids is 1. The predicted molar refractivity (Wildman–Crippen MR) is 78.2 cm³/mol. The second kappa shape index (κ2) is 6.37. The fraction of sp³-hybridized carbons (Fsp3) is 0.167. The van der Waals surface area contributed by atoms with Gasteiger partial charge in [-0.05, 0) is 11.6 Å². The van der Waals surface area contributed by atoms with Crippen LogP contribution in [0.4, 0.5) is 18.2 Å². The molecule has 0 radical (unpaired) electrons. The molecule has 7 nitrogen and oxygen atoms in total. The Kier molecular flexibility index (Phi) is 4.82. The number of nitrogens with zero attached hydrogens (tertiary/aromatic N) is 2. The highest BCUT2D eigenvalue weighted by Crippen LogP contribution is 2.35. The summed E-state index contributed by atoms with van der Waals surface area (Å²) in [4.78, 5) is 14.5. The summed E-state index contributed by atoms with van der Waals surface area (Å²) in [5, 5.41) is 8.48. The van der Waals surface area contributed by atoms with Gasteiger partial charge in [-0.2, -0.15) is 21.6 Å². The fourth-order valence-electron chi connectivity index (χ4n) is 1.91. The van der Waals surface area contributed by atoms with E-state index in [9.17, 15) is 30.9 Å². The molecule has 2 rings (SSSR count). The lowest BCUT2D eigenvalue weighted by Gasteiger charge is -2.21. The molecule has 12 heteroatoms. The van der Waals surface area contributed by atoms with Gasteiger partial charge in [0.15, 0.2) is 5.69 Å². The Labute approximate surface area is 137 Å². The quantitative estimate of drug-likeness (QED) is 0.770.